The van der Waals surface area contributed by atoms with Crippen molar-refractivity contribution in [1.82, 2.24) is 18.3 Å². The Morgan fingerprint density at radius 3 is 1.76 bits per heavy atom. The molecular formula is C34H30N4O10S2. The summed E-state index contributed by atoms with van der Waals surface area (Å²) in [6, 6.07) is 21.1. The summed E-state index contributed by atoms with van der Waals surface area (Å²) >= 11 is 1.95. The molecule has 0 aliphatic heterocycles. The molecule has 6 aromatic rings. The first-order valence-corrected chi connectivity index (χ1v) is 16.6. The molecule has 4 aromatic heterocycles. The lowest BCUT2D eigenvalue weighted by Gasteiger charge is -2.08. The molecule has 0 bridgehead atoms. The molecule has 258 valence electrons. The smallest absolute Gasteiger partial charge is 0.348 e. The van der Waals surface area contributed by atoms with E-state index in [9.17, 15) is 33.6 Å². The van der Waals surface area contributed by atoms with E-state index in [1.54, 1.807) is 0 Å². The van der Waals surface area contributed by atoms with Crippen molar-refractivity contribution >= 4 is 61.0 Å². The molecule has 0 radical (unpaired) electrons. The average Bonchev–Trinajstić information content (AvgIpc) is 3.77. The Balaban J connectivity index is 0.000000200. The highest BCUT2D eigenvalue weighted by atomic mass is 32.1. The largest absolute Gasteiger partial charge is 0.477 e. The molecule has 0 fully saturated rings. The fourth-order valence-corrected chi connectivity index (χ4v) is 6.89. The Bertz CT molecular complexity index is 2470. The van der Waals surface area contributed by atoms with Crippen molar-refractivity contribution in [3.05, 3.63) is 135 Å². The highest BCUT2D eigenvalue weighted by Crippen LogP contribution is 2.23. The second-order valence-electron chi connectivity index (χ2n) is 10.9. The summed E-state index contributed by atoms with van der Waals surface area (Å²) in [4.78, 5) is 85.3. The van der Waals surface area contributed by atoms with Crippen molar-refractivity contribution in [1.29, 1.82) is 0 Å². The van der Waals surface area contributed by atoms with Crippen molar-refractivity contribution in [3.63, 3.8) is 0 Å². The number of nitrogens with zero attached hydrogens (tertiary/aromatic N) is 4. The van der Waals surface area contributed by atoms with Crippen molar-refractivity contribution in [3.8, 4) is 0 Å². The predicted molar refractivity (Wildman–Crippen MR) is 187 cm³/mol. The Morgan fingerprint density at radius 1 is 0.700 bits per heavy atom. The molecular weight excluding hydrogens is 689 g/mol. The summed E-state index contributed by atoms with van der Waals surface area (Å²) in [5.41, 5.74) is -0.336. The number of benzene rings is 2. The van der Waals surface area contributed by atoms with E-state index in [2.05, 4.69) is 0 Å². The third-order valence-electron chi connectivity index (χ3n) is 7.45. The van der Waals surface area contributed by atoms with Gasteiger partial charge in [0.2, 0.25) is 0 Å². The number of aromatic carboxylic acids is 1. The maximum absolute atomic E-state index is 12.7. The van der Waals surface area contributed by atoms with E-state index in [0.29, 0.717) is 9.66 Å². The van der Waals surface area contributed by atoms with Gasteiger partial charge in [-0.2, -0.15) is 0 Å². The topological polar surface area (TPSA) is 178 Å². The zero-order valence-electron chi connectivity index (χ0n) is 27.0. The van der Waals surface area contributed by atoms with Gasteiger partial charge < -0.3 is 14.6 Å². The van der Waals surface area contributed by atoms with E-state index >= 15 is 0 Å². The first-order chi connectivity index (χ1) is 23.9. The summed E-state index contributed by atoms with van der Waals surface area (Å²) in [6.45, 7) is 1.35. The molecule has 16 heteroatoms. The molecule has 0 spiro atoms. The van der Waals surface area contributed by atoms with Gasteiger partial charge in [0.1, 0.15) is 32.6 Å². The van der Waals surface area contributed by atoms with Crippen LogP contribution in [0.15, 0.2) is 92.0 Å². The van der Waals surface area contributed by atoms with Gasteiger partial charge in [-0.1, -0.05) is 60.7 Å². The van der Waals surface area contributed by atoms with Gasteiger partial charge in [-0.05, 0) is 23.3 Å². The molecule has 6 rings (SSSR count). The summed E-state index contributed by atoms with van der Waals surface area (Å²) in [7, 11) is 3.05. The molecule has 50 heavy (non-hydrogen) atoms. The third kappa shape index (κ3) is 7.55. The van der Waals surface area contributed by atoms with Crippen molar-refractivity contribution < 1.29 is 29.0 Å². The van der Waals surface area contributed by atoms with E-state index in [0.717, 1.165) is 42.9 Å². The number of carbonyl (C=O) groups excluding carboxylic acids is 2. The zero-order chi connectivity index (χ0) is 36.1. The van der Waals surface area contributed by atoms with E-state index < -0.39 is 40.4 Å². The molecule has 4 heterocycles. The van der Waals surface area contributed by atoms with Crippen LogP contribution < -0.4 is 22.5 Å². The van der Waals surface area contributed by atoms with Crippen LogP contribution in [0.1, 0.15) is 37.4 Å². The van der Waals surface area contributed by atoms with Crippen LogP contribution in [-0.2, 0) is 48.1 Å². The number of carboxylic acids is 1. The number of aromatic nitrogens is 4. The van der Waals surface area contributed by atoms with Crippen LogP contribution in [0.5, 0.6) is 0 Å². The van der Waals surface area contributed by atoms with Gasteiger partial charge in [-0.25, -0.2) is 19.2 Å². The number of fused-ring (bicyclic) bond motifs is 2. The lowest BCUT2D eigenvalue weighted by Crippen LogP contribution is -2.39. The Kier molecular flexibility index (Phi) is 10.7. The van der Waals surface area contributed by atoms with Crippen LogP contribution in [-0.4, -0.2) is 47.9 Å². The number of carbonyl (C=O) groups is 3. The maximum atomic E-state index is 12.7. The molecule has 0 amide bonds. The molecule has 1 N–H and O–H groups in total. The number of hydrogen-bond acceptors (Lipinski definition) is 11. The molecule has 0 atom stereocenters. The van der Waals surface area contributed by atoms with Gasteiger partial charge in [0.25, 0.3) is 11.1 Å². The highest BCUT2D eigenvalue weighted by Gasteiger charge is 2.20. The fraction of sp³-hybridized carbons (Fsp3) is 0.206. The van der Waals surface area contributed by atoms with Gasteiger partial charge in [-0.3, -0.25) is 32.7 Å². The Labute approximate surface area is 290 Å². The van der Waals surface area contributed by atoms with E-state index in [-0.39, 0.29) is 46.8 Å². The summed E-state index contributed by atoms with van der Waals surface area (Å²) < 4.78 is 14.8. The van der Waals surface area contributed by atoms with E-state index in [1.165, 1.54) is 42.3 Å². The minimum absolute atomic E-state index is 0.0413. The molecule has 0 saturated carbocycles. The number of aryl methyl sites for hydroxylation is 2. The first kappa shape index (κ1) is 35.4. The van der Waals surface area contributed by atoms with Crippen LogP contribution in [0, 0.1) is 0 Å². The van der Waals surface area contributed by atoms with Crippen molar-refractivity contribution in [2.75, 3.05) is 6.61 Å². The number of ether oxygens (including phenoxy) is 2. The third-order valence-corrected chi connectivity index (χ3v) is 9.84. The van der Waals surface area contributed by atoms with Crippen LogP contribution >= 0.6 is 22.7 Å². The van der Waals surface area contributed by atoms with Crippen molar-refractivity contribution in [2.24, 2.45) is 14.1 Å². The second-order valence-corrected chi connectivity index (χ2v) is 12.9. The lowest BCUT2D eigenvalue weighted by atomic mass is 10.2. The Hall–Kier alpha value is -5.87. The normalized spacial score (nSPS) is 10.9. The SMILES string of the molecule is CC(=O)OCCn1c(=O)c2cc(C(=O)OCc3ccccc3)sc2n(C)c1=O.Cn1c(=O)n(Cc2ccccc2)c(=O)c2cc(C(=O)O)sc21. The van der Waals surface area contributed by atoms with Crippen LogP contribution in [0.25, 0.3) is 20.4 Å². The monoisotopic (exact) mass is 718 g/mol. The van der Waals surface area contributed by atoms with Gasteiger partial charge in [0.15, 0.2) is 0 Å². The quantitative estimate of drug-likeness (QED) is 0.218. The summed E-state index contributed by atoms with van der Waals surface area (Å²) in [6.07, 6.45) is 0. The van der Waals surface area contributed by atoms with E-state index in [4.69, 9.17) is 14.6 Å². The molecule has 0 aliphatic rings. The minimum Gasteiger partial charge on any atom is -0.477 e. The van der Waals surface area contributed by atoms with E-state index in [1.807, 2.05) is 60.7 Å². The Morgan fingerprint density at radius 2 is 1.20 bits per heavy atom. The summed E-state index contributed by atoms with van der Waals surface area (Å²) in [5, 5.41) is 9.54. The number of esters is 2. The average molecular weight is 719 g/mol. The standard InChI is InChI=1S/C19H18N2O6S.C15H12N2O4S/c1-12(22)26-9-8-21-16(23)14-10-15(28-17(14)20(2)19(21)25)18(24)27-11-13-6-4-3-5-7-13;1-16-13-10(7-11(22-13)14(19)20)12(18)17(15(16)21)8-9-5-3-2-4-6-9/h3-7,10H,8-9,11H2,1-2H3;2-7H,8H2,1H3,(H,19,20). The summed E-state index contributed by atoms with van der Waals surface area (Å²) in [5.74, 6) is -2.17. The van der Waals surface area contributed by atoms with Gasteiger partial charge in [0, 0.05) is 21.0 Å². The maximum Gasteiger partial charge on any atom is 0.348 e. The second kappa shape index (κ2) is 15.1. The minimum atomic E-state index is -1.11. The molecule has 2 aromatic carbocycles. The van der Waals surface area contributed by atoms with Gasteiger partial charge in [0.05, 0.1) is 23.9 Å². The number of hydrogen-bond donors (Lipinski definition) is 1. The molecule has 14 nitrogen and oxygen atoms in total. The molecule has 0 unspecified atom stereocenters. The van der Waals surface area contributed by atoms with Crippen LogP contribution in [0.2, 0.25) is 0 Å². The lowest BCUT2D eigenvalue weighted by molar-refractivity contribution is -0.141. The van der Waals surface area contributed by atoms with Crippen LogP contribution in [0.3, 0.4) is 0 Å². The first-order valence-electron chi connectivity index (χ1n) is 15.0. The highest BCUT2D eigenvalue weighted by molar-refractivity contribution is 7.20. The number of carboxylic acid groups (broad SMARTS) is 1. The predicted octanol–water partition coefficient (Wildman–Crippen LogP) is 3.19. The van der Waals surface area contributed by atoms with Gasteiger partial charge in [-0.15, -0.1) is 22.7 Å². The number of rotatable bonds is 9. The van der Waals surface area contributed by atoms with Crippen LogP contribution in [0.4, 0.5) is 0 Å². The zero-order valence-corrected chi connectivity index (χ0v) is 28.6. The molecule has 0 aliphatic carbocycles. The van der Waals surface area contributed by atoms with Crippen molar-refractivity contribution in [2.45, 2.75) is 26.6 Å². The number of thiophene rings is 2. The van der Waals surface area contributed by atoms with Gasteiger partial charge >= 0.3 is 29.3 Å². The molecule has 0 saturated heterocycles. The fourth-order valence-electron chi connectivity index (χ4n) is 4.95.